The number of aryl methyl sites for hydroxylation is 1. The van der Waals surface area contributed by atoms with Crippen LogP contribution in [0.5, 0.6) is 0 Å². The van der Waals surface area contributed by atoms with Crippen molar-refractivity contribution in [1.29, 1.82) is 5.26 Å². The van der Waals surface area contributed by atoms with Gasteiger partial charge in [-0.05, 0) is 49.4 Å². The number of anilines is 1. The van der Waals surface area contributed by atoms with Crippen molar-refractivity contribution in [2.24, 2.45) is 5.41 Å². The molecule has 1 heterocycles. The Hall–Kier alpha value is -2.75. The lowest BCUT2D eigenvalue weighted by molar-refractivity contribution is -0.121. The zero-order valence-electron chi connectivity index (χ0n) is 11.5. The number of nitrogens with zero attached hydrogens (tertiary/aromatic N) is 5. The molecule has 1 aromatic heterocycles. The Labute approximate surface area is 116 Å². The van der Waals surface area contributed by atoms with Crippen molar-refractivity contribution in [3.63, 3.8) is 0 Å². The van der Waals surface area contributed by atoms with Gasteiger partial charge in [0.25, 0.3) is 0 Å². The van der Waals surface area contributed by atoms with E-state index in [0.29, 0.717) is 11.5 Å². The highest BCUT2D eigenvalue weighted by Gasteiger charge is 2.27. The summed E-state index contributed by atoms with van der Waals surface area (Å²) in [7, 11) is 0. The van der Waals surface area contributed by atoms with E-state index in [0.717, 1.165) is 5.69 Å². The summed E-state index contributed by atoms with van der Waals surface area (Å²) < 4.78 is 1.56. The smallest absolute Gasteiger partial charge is 0.244 e. The molecule has 0 bridgehead atoms. The van der Waals surface area contributed by atoms with Gasteiger partial charge < -0.3 is 5.32 Å². The molecule has 0 saturated carbocycles. The largest absolute Gasteiger partial charge is 0.325 e. The van der Waals surface area contributed by atoms with Crippen molar-refractivity contribution in [1.82, 2.24) is 20.2 Å². The second-order valence-corrected chi connectivity index (χ2v) is 4.88. The van der Waals surface area contributed by atoms with Gasteiger partial charge in [0, 0.05) is 5.69 Å². The summed E-state index contributed by atoms with van der Waals surface area (Å²) >= 11 is 0. The van der Waals surface area contributed by atoms with Gasteiger partial charge in [-0.3, -0.25) is 4.79 Å². The molecule has 0 aliphatic heterocycles. The van der Waals surface area contributed by atoms with Gasteiger partial charge >= 0.3 is 0 Å². The van der Waals surface area contributed by atoms with Crippen LogP contribution in [0.2, 0.25) is 0 Å². The van der Waals surface area contributed by atoms with Gasteiger partial charge in [0.2, 0.25) is 5.91 Å². The highest BCUT2D eigenvalue weighted by molar-refractivity contribution is 5.96. The number of nitriles is 1. The lowest BCUT2D eigenvalue weighted by Gasteiger charge is -2.15. The number of hydrogen-bond acceptors (Lipinski definition) is 5. The molecular weight excluding hydrogens is 256 g/mol. The Kier molecular flexibility index (Phi) is 3.48. The van der Waals surface area contributed by atoms with Crippen molar-refractivity contribution < 1.29 is 4.79 Å². The summed E-state index contributed by atoms with van der Waals surface area (Å²) in [4.78, 5) is 11.9. The van der Waals surface area contributed by atoms with Gasteiger partial charge in [-0.1, -0.05) is 6.07 Å². The van der Waals surface area contributed by atoms with E-state index in [-0.39, 0.29) is 5.91 Å². The van der Waals surface area contributed by atoms with Crippen LogP contribution in [0.25, 0.3) is 5.69 Å². The van der Waals surface area contributed by atoms with E-state index in [9.17, 15) is 4.79 Å². The molecule has 7 nitrogen and oxygen atoms in total. The fourth-order valence-electron chi connectivity index (χ4n) is 1.52. The van der Waals surface area contributed by atoms with E-state index in [2.05, 4.69) is 20.8 Å². The maximum Gasteiger partial charge on any atom is 0.244 e. The third kappa shape index (κ3) is 2.64. The topological polar surface area (TPSA) is 96.5 Å². The summed E-state index contributed by atoms with van der Waals surface area (Å²) in [5.74, 6) is 0.288. The Morgan fingerprint density at radius 2 is 2.20 bits per heavy atom. The molecule has 7 heteroatoms. The first-order valence-electron chi connectivity index (χ1n) is 6.02. The number of tetrazole rings is 1. The van der Waals surface area contributed by atoms with Gasteiger partial charge in [-0.2, -0.15) is 9.94 Å². The summed E-state index contributed by atoms with van der Waals surface area (Å²) in [6, 6.07) is 9.06. The molecule has 1 N–H and O–H groups in total. The molecule has 0 radical (unpaired) electrons. The summed E-state index contributed by atoms with van der Waals surface area (Å²) in [5, 5.41) is 22.9. The number of carbonyl (C=O) groups is 1. The molecule has 102 valence electrons. The number of hydrogen-bond donors (Lipinski definition) is 1. The lowest BCUT2D eigenvalue weighted by Crippen LogP contribution is -2.29. The first kappa shape index (κ1) is 13.7. The molecule has 1 amide bonds. The molecule has 2 aromatic rings. The monoisotopic (exact) mass is 270 g/mol. The number of aromatic nitrogens is 4. The summed E-state index contributed by atoms with van der Waals surface area (Å²) in [6.07, 6.45) is 0. The maximum atomic E-state index is 11.9. The average molecular weight is 270 g/mol. The third-order valence-corrected chi connectivity index (χ3v) is 2.82. The molecule has 0 saturated heterocycles. The Morgan fingerprint density at radius 3 is 2.80 bits per heavy atom. The van der Waals surface area contributed by atoms with Crippen LogP contribution in [0.4, 0.5) is 5.69 Å². The predicted octanol–water partition coefficient (Wildman–Crippen LogP) is 1.46. The SMILES string of the molecule is Cc1nnnn1-c1cccc(NC(=O)C(C)(C)C#N)c1. The second-order valence-electron chi connectivity index (χ2n) is 4.88. The van der Waals surface area contributed by atoms with E-state index < -0.39 is 5.41 Å². The van der Waals surface area contributed by atoms with E-state index in [4.69, 9.17) is 5.26 Å². The minimum atomic E-state index is -1.08. The van der Waals surface area contributed by atoms with Crippen LogP contribution in [0.3, 0.4) is 0 Å². The molecule has 0 aliphatic carbocycles. The summed E-state index contributed by atoms with van der Waals surface area (Å²) in [5.41, 5.74) is 0.242. The highest BCUT2D eigenvalue weighted by atomic mass is 16.2. The minimum Gasteiger partial charge on any atom is -0.325 e. The van der Waals surface area contributed by atoms with Crippen LogP contribution in [0.1, 0.15) is 19.7 Å². The number of benzene rings is 1. The first-order chi connectivity index (χ1) is 9.44. The van der Waals surface area contributed by atoms with Gasteiger partial charge in [0.05, 0.1) is 11.8 Å². The van der Waals surface area contributed by atoms with E-state index in [1.54, 1.807) is 43.7 Å². The van der Waals surface area contributed by atoms with E-state index >= 15 is 0 Å². The second kappa shape index (κ2) is 5.09. The molecule has 0 fully saturated rings. The Balaban J connectivity index is 2.26. The van der Waals surface area contributed by atoms with E-state index in [1.807, 2.05) is 12.1 Å². The Bertz CT molecular complexity index is 682. The normalized spacial score (nSPS) is 10.9. The van der Waals surface area contributed by atoms with Crippen molar-refractivity contribution in [3.8, 4) is 11.8 Å². The molecule has 1 aromatic carbocycles. The quantitative estimate of drug-likeness (QED) is 0.910. The van der Waals surface area contributed by atoms with Crippen LogP contribution in [0, 0.1) is 23.7 Å². The number of nitrogens with one attached hydrogen (secondary N) is 1. The maximum absolute atomic E-state index is 11.9. The Morgan fingerprint density at radius 1 is 1.45 bits per heavy atom. The van der Waals surface area contributed by atoms with Crippen molar-refractivity contribution in [2.45, 2.75) is 20.8 Å². The van der Waals surface area contributed by atoms with Crippen molar-refractivity contribution in [2.75, 3.05) is 5.32 Å². The zero-order chi connectivity index (χ0) is 14.8. The van der Waals surface area contributed by atoms with Crippen LogP contribution >= 0.6 is 0 Å². The molecule has 0 atom stereocenters. The molecule has 2 rings (SSSR count). The number of carbonyl (C=O) groups excluding carboxylic acids is 1. The molecule has 0 spiro atoms. The zero-order valence-corrected chi connectivity index (χ0v) is 11.5. The number of amides is 1. The van der Waals surface area contributed by atoms with Crippen LogP contribution in [-0.2, 0) is 4.79 Å². The first-order valence-corrected chi connectivity index (χ1v) is 6.02. The van der Waals surface area contributed by atoms with Gasteiger partial charge in [-0.25, -0.2) is 0 Å². The fraction of sp³-hybridized carbons (Fsp3) is 0.308. The van der Waals surface area contributed by atoms with Crippen molar-refractivity contribution in [3.05, 3.63) is 30.1 Å². The van der Waals surface area contributed by atoms with Gasteiger partial charge in [0.15, 0.2) is 5.82 Å². The lowest BCUT2D eigenvalue weighted by atomic mass is 9.94. The minimum absolute atomic E-state index is 0.356. The van der Waals surface area contributed by atoms with E-state index in [1.165, 1.54) is 0 Å². The summed E-state index contributed by atoms with van der Waals surface area (Å²) in [6.45, 7) is 4.92. The third-order valence-electron chi connectivity index (χ3n) is 2.82. The highest BCUT2D eigenvalue weighted by Crippen LogP contribution is 2.19. The van der Waals surface area contributed by atoms with Crippen LogP contribution in [0.15, 0.2) is 24.3 Å². The molecule has 20 heavy (non-hydrogen) atoms. The van der Waals surface area contributed by atoms with Gasteiger partial charge in [0.1, 0.15) is 5.41 Å². The van der Waals surface area contributed by atoms with Gasteiger partial charge in [-0.15, -0.1) is 5.10 Å². The van der Waals surface area contributed by atoms with Crippen LogP contribution < -0.4 is 5.32 Å². The predicted molar refractivity (Wildman–Crippen MR) is 71.9 cm³/mol. The van der Waals surface area contributed by atoms with Crippen LogP contribution in [-0.4, -0.2) is 26.1 Å². The molecular formula is C13H14N6O. The standard InChI is InChI=1S/C13H14N6O/c1-9-16-17-18-19(9)11-6-4-5-10(7-11)15-12(20)13(2,3)8-14/h4-7H,1-3H3,(H,15,20). The average Bonchev–Trinajstić information content (AvgIpc) is 2.85. The van der Waals surface area contributed by atoms with Crippen molar-refractivity contribution >= 4 is 11.6 Å². The fourth-order valence-corrected chi connectivity index (χ4v) is 1.52. The molecule has 0 unspecified atom stereocenters. The number of rotatable bonds is 3. The molecule has 0 aliphatic rings.